The van der Waals surface area contributed by atoms with Crippen LogP contribution in [0.3, 0.4) is 0 Å². The Hall–Kier alpha value is -1.22. The zero-order chi connectivity index (χ0) is 15.0. The largest absolute Gasteiger partial charge is 0.342 e. The molecule has 0 radical (unpaired) electrons. The average Bonchev–Trinajstić information content (AvgIpc) is 3.22. The van der Waals surface area contributed by atoms with E-state index < -0.39 is 0 Å². The maximum atomic E-state index is 12.4. The summed E-state index contributed by atoms with van der Waals surface area (Å²) in [6.45, 7) is 0. The lowest BCUT2D eigenvalue weighted by molar-refractivity contribution is 0.0931. The van der Waals surface area contributed by atoms with Gasteiger partial charge in [-0.15, -0.1) is 0 Å². The lowest BCUT2D eigenvalue weighted by Gasteiger charge is -2.19. The number of rotatable bonds is 3. The van der Waals surface area contributed by atoms with Gasteiger partial charge < -0.3 is 5.32 Å². The third-order valence-electron chi connectivity index (χ3n) is 3.65. The third kappa shape index (κ3) is 3.03. The molecule has 2 nitrogen and oxygen atoms in total. The van der Waals surface area contributed by atoms with Crippen LogP contribution >= 0.6 is 34.8 Å². The van der Waals surface area contributed by atoms with Crippen molar-refractivity contribution < 1.29 is 4.79 Å². The fourth-order valence-corrected chi connectivity index (χ4v) is 2.92. The van der Waals surface area contributed by atoms with Gasteiger partial charge in [0.15, 0.2) is 0 Å². The van der Waals surface area contributed by atoms with Gasteiger partial charge in [-0.05, 0) is 48.7 Å². The van der Waals surface area contributed by atoms with E-state index in [-0.39, 0.29) is 11.4 Å². The molecule has 3 rings (SSSR count). The Morgan fingerprint density at radius 3 is 2.38 bits per heavy atom. The molecule has 0 heterocycles. The van der Waals surface area contributed by atoms with Crippen LogP contribution in [0.15, 0.2) is 42.5 Å². The Bertz CT molecular complexity index is 710. The molecule has 2 aromatic rings. The van der Waals surface area contributed by atoms with Gasteiger partial charge in [-0.1, -0.05) is 46.9 Å². The van der Waals surface area contributed by atoms with E-state index in [1.165, 1.54) is 0 Å². The highest BCUT2D eigenvalue weighted by atomic mass is 35.5. The van der Waals surface area contributed by atoms with Gasteiger partial charge in [0.1, 0.15) is 0 Å². The molecule has 0 aliphatic heterocycles. The first-order valence-corrected chi connectivity index (χ1v) is 7.67. The molecule has 1 amide bonds. The molecule has 0 spiro atoms. The van der Waals surface area contributed by atoms with Crippen LogP contribution in [0.5, 0.6) is 0 Å². The Morgan fingerprint density at radius 2 is 1.71 bits per heavy atom. The lowest BCUT2D eigenvalue weighted by atomic mass is 10.0. The molecule has 1 fully saturated rings. The summed E-state index contributed by atoms with van der Waals surface area (Å²) in [4.78, 5) is 12.4. The van der Waals surface area contributed by atoms with E-state index in [1.807, 2.05) is 24.3 Å². The summed E-state index contributed by atoms with van der Waals surface area (Å²) in [5, 5.41) is 4.59. The monoisotopic (exact) mass is 339 g/mol. The minimum absolute atomic E-state index is 0.222. The summed E-state index contributed by atoms with van der Waals surface area (Å²) < 4.78 is 0. The summed E-state index contributed by atoms with van der Waals surface area (Å²) in [7, 11) is 0. The summed E-state index contributed by atoms with van der Waals surface area (Å²) in [6.07, 6.45) is 1.77. The molecule has 108 valence electrons. The third-order valence-corrected chi connectivity index (χ3v) is 4.45. The first kappa shape index (κ1) is 14.7. The number of carbonyl (C=O) groups excluding carboxylic acids is 1. The number of nitrogens with one attached hydrogen (secondary N) is 1. The Kier molecular flexibility index (Phi) is 3.87. The standard InChI is InChI=1S/C16H12Cl3NO/c17-11-3-1-2-10(8-11)16(6-7-16)20-15(21)13-9-12(18)4-5-14(13)19/h1-5,8-9H,6-7H2,(H,20,21). The average molecular weight is 341 g/mol. The molecule has 1 saturated carbocycles. The minimum Gasteiger partial charge on any atom is -0.342 e. The van der Waals surface area contributed by atoms with Crippen LogP contribution in [0.4, 0.5) is 0 Å². The van der Waals surface area contributed by atoms with Gasteiger partial charge in [0.25, 0.3) is 5.91 Å². The number of benzene rings is 2. The molecule has 0 saturated heterocycles. The SMILES string of the molecule is O=C(NC1(c2cccc(Cl)c2)CC1)c1cc(Cl)ccc1Cl. The fourth-order valence-electron chi connectivity index (χ4n) is 2.35. The molecular formula is C16H12Cl3NO. The van der Waals surface area contributed by atoms with Crippen LogP contribution in [-0.4, -0.2) is 5.91 Å². The maximum Gasteiger partial charge on any atom is 0.253 e. The van der Waals surface area contributed by atoms with Crippen molar-refractivity contribution in [2.75, 3.05) is 0 Å². The van der Waals surface area contributed by atoms with E-state index >= 15 is 0 Å². The van der Waals surface area contributed by atoms with Gasteiger partial charge in [-0.25, -0.2) is 0 Å². The van der Waals surface area contributed by atoms with E-state index in [1.54, 1.807) is 18.2 Å². The molecule has 1 aliphatic carbocycles. The number of hydrogen-bond donors (Lipinski definition) is 1. The van der Waals surface area contributed by atoms with Gasteiger partial charge >= 0.3 is 0 Å². The highest BCUT2D eigenvalue weighted by molar-refractivity contribution is 6.35. The molecule has 1 aliphatic rings. The van der Waals surface area contributed by atoms with Gasteiger partial charge in [-0.3, -0.25) is 4.79 Å². The van der Waals surface area contributed by atoms with E-state index in [0.29, 0.717) is 20.6 Å². The summed E-state index contributed by atoms with van der Waals surface area (Å²) >= 11 is 18.0. The number of halogens is 3. The molecule has 0 aromatic heterocycles. The van der Waals surface area contributed by atoms with Crippen LogP contribution < -0.4 is 5.32 Å². The van der Waals surface area contributed by atoms with Crippen LogP contribution in [0.1, 0.15) is 28.8 Å². The Balaban J connectivity index is 1.86. The zero-order valence-electron chi connectivity index (χ0n) is 11.0. The van der Waals surface area contributed by atoms with Gasteiger partial charge in [0, 0.05) is 10.0 Å². The van der Waals surface area contributed by atoms with Crippen LogP contribution in [0, 0.1) is 0 Å². The smallest absolute Gasteiger partial charge is 0.253 e. The first-order chi connectivity index (χ1) is 10.00. The van der Waals surface area contributed by atoms with Crippen molar-refractivity contribution in [3.05, 3.63) is 68.7 Å². The zero-order valence-corrected chi connectivity index (χ0v) is 13.3. The molecule has 2 aromatic carbocycles. The Labute approximate surface area is 138 Å². The second kappa shape index (κ2) is 5.53. The van der Waals surface area contributed by atoms with Crippen LogP contribution in [0.25, 0.3) is 0 Å². The highest BCUT2D eigenvalue weighted by Crippen LogP contribution is 2.46. The number of carbonyl (C=O) groups is 1. The molecule has 5 heteroatoms. The van der Waals surface area contributed by atoms with Crippen molar-refractivity contribution in [1.29, 1.82) is 0 Å². The molecule has 1 N–H and O–H groups in total. The summed E-state index contributed by atoms with van der Waals surface area (Å²) in [6, 6.07) is 12.4. The molecule has 0 unspecified atom stereocenters. The van der Waals surface area contributed by atoms with E-state index in [0.717, 1.165) is 18.4 Å². The van der Waals surface area contributed by atoms with Crippen molar-refractivity contribution in [3.8, 4) is 0 Å². The molecule has 21 heavy (non-hydrogen) atoms. The summed E-state index contributed by atoms with van der Waals surface area (Å²) in [5.74, 6) is -0.222. The maximum absolute atomic E-state index is 12.4. The van der Waals surface area contributed by atoms with Gasteiger partial charge in [0.05, 0.1) is 16.1 Å². The normalized spacial score (nSPS) is 15.6. The highest BCUT2D eigenvalue weighted by Gasteiger charge is 2.46. The summed E-state index contributed by atoms with van der Waals surface area (Å²) in [5.41, 5.74) is 1.06. The van der Waals surface area contributed by atoms with Crippen molar-refractivity contribution in [2.24, 2.45) is 0 Å². The van der Waals surface area contributed by atoms with Crippen LogP contribution in [0.2, 0.25) is 15.1 Å². The fraction of sp³-hybridized carbons (Fsp3) is 0.188. The number of hydrogen-bond acceptors (Lipinski definition) is 1. The molecule has 0 bridgehead atoms. The van der Waals surface area contributed by atoms with Crippen LogP contribution in [-0.2, 0) is 5.54 Å². The van der Waals surface area contributed by atoms with Crippen molar-refractivity contribution >= 4 is 40.7 Å². The second-order valence-electron chi connectivity index (χ2n) is 5.17. The Morgan fingerprint density at radius 1 is 1.00 bits per heavy atom. The quantitative estimate of drug-likeness (QED) is 0.830. The van der Waals surface area contributed by atoms with Gasteiger partial charge in [0.2, 0.25) is 0 Å². The lowest BCUT2D eigenvalue weighted by Crippen LogP contribution is -2.35. The van der Waals surface area contributed by atoms with Crippen molar-refractivity contribution in [3.63, 3.8) is 0 Å². The molecular weight excluding hydrogens is 329 g/mol. The van der Waals surface area contributed by atoms with Crippen molar-refractivity contribution in [2.45, 2.75) is 18.4 Å². The first-order valence-electron chi connectivity index (χ1n) is 6.54. The second-order valence-corrected chi connectivity index (χ2v) is 6.45. The predicted octanol–water partition coefficient (Wildman–Crippen LogP) is 5.07. The topological polar surface area (TPSA) is 29.1 Å². The van der Waals surface area contributed by atoms with E-state index in [9.17, 15) is 4.79 Å². The predicted molar refractivity (Wildman–Crippen MR) is 86.3 cm³/mol. The number of amides is 1. The van der Waals surface area contributed by atoms with Crippen molar-refractivity contribution in [1.82, 2.24) is 5.32 Å². The molecule has 0 atom stereocenters. The minimum atomic E-state index is -0.340. The van der Waals surface area contributed by atoms with Gasteiger partial charge in [-0.2, -0.15) is 0 Å². The van der Waals surface area contributed by atoms with E-state index in [2.05, 4.69) is 5.32 Å². The van der Waals surface area contributed by atoms with E-state index in [4.69, 9.17) is 34.8 Å².